The fourth-order valence-electron chi connectivity index (χ4n) is 10.9. The molecule has 2 heteroatoms. The van der Waals surface area contributed by atoms with Gasteiger partial charge in [0.1, 0.15) is 11.2 Å². The van der Waals surface area contributed by atoms with Crippen LogP contribution < -0.4 is 4.90 Å². The number of allylic oxidation sites excluding steroid dienone is 2. The van der Waals surface area contributed by atoms with Crippen molar-refractivity contribution >= 4 is 44.6 Å². The van der Waals surface area contributed by atoms with Crippen LogP contribution >= 0.6 is 0 Å². The van der Waals surface area contributed by atoms with Gasteiger partial charge in [0.15, 0.2) is 0 Å². The number of benzene rings is 10. The minimum absolute atomic E-state index is 0.549. The number of rotatable bonds is 10. The number of hydrogen-bond donors (Lipinski definition) is 0. The second-order valence-electron chi connectivity index (χ2n) is 17.6. The van der Waals surface area contributed by atoms with E-state index >= 15 is 0 Å². The fourth-order valence-corrected chi connectivity index (χ4v) is 10.9. The number of anilines is 3. The molecule has 0 amide bonds. The van der Waals surface area contributed by atoms with Gasteiger partial charge in [0, 0.05) is 27.6 Å². The molecule has 12 rings (SSSR count). The third-order valence-electron chi connectivity index (χ3n) is 13.9. The first-order valence-electron chi connectivity index (χ1n) is 23.4. The minimum Gasteiger partial charge on any atom is -0.456 e. The summed E-state index contributed by atoms with van der Waals surface area (Å²) in [6.07, 6.45) is 3.98. The summed E-state index contributed by atoms with van der Waals surface area (Å²) in [5, 5.41) is 2.21. The second-order valence-corrected chi connectivity index (χ2v) is 17.6. The number of furan rings is 1. The smallest absolute Gasteiger partial charge is 0.136 e. The molecule has 0 N–H and O–H groups in total. The average molecular weight is 870 g/mol. The first-order valence-corrected chi connectivity index (χ1v) is 23.4. The molecule has 1 aliphatic rings. The average Bonchev–Trinajstić information content (AvgIpc) is 3.94. The lowest BCUT2D eigenvalue weighted by Crippen LogP contribution is -2.28. The van der Waals surface area contributed by atoms with Gasteiger partial charge in [-0.1, -0.05) is 225 Å². The SMILES string of the molecule is C=C/C=C(/c1ccc(-c2ccc(N(c3ccccc3-c3cccc4oc5ccccc5c34)c3cccc4c3-c3ccccc3C4(c3ccccc3)c3ccccc3)cc2)cc1)c1ccccc1C. The van der Waals surface area contributed by atoms with Crippen molar-refractivity contribution in [3.8, 4) is 33.4 Å². The summed E-state index contributed by atoms with van der Waals surface area (Å²) in [7, 11) is 0. The molecule has 0 bridgehead atoms. The largest absolute Gasteiger partial charge is 0.456 e. The van der Waals surface area contributed by atoms with E-state index in [1.807, 2.05) is 12.1 Å². The molecule has 0 unspecified atom stereocenters. The van der Waals surface area contributed by atoms with E-state index in [9.17, 15) is 0 Å². The molecule has 0 atom stereocenters. The Morgan fingerprint density at radius 3 is 1.76 bits per heavy atom. The number of fused-ring (bicyclic) bond motifs is 6. The quantitative estimate of drug-likeness (QED) is 0.127. The zero-order valence-corrected chi connectivity index (χ0v) is 37.8. The Morgan fingerprint density at radius 1 is 0.471 bits per heavy atom. The lowest BCUT2D eigenvalue weighted by atomic mass is 9.68. The summed E-state index contributed by atoms with van der Waals surface area (Å²) in [5.74, 6) is 0. The second kappa shape index (κ2) is 16.9. The molecule has 322 valence electrons. The Kier molecular flexibility index (Phi) is 10.1. The van der Waals surface area contributed by atoms with E-state index in [0.29, 0.717) is 0 Å². The highest BCUT2D eigenvalue weighted by Crippen LogP contribution is 2.60. The third-order valence-corrected chi connectivity index (χ3v) is 13.9. The van der Waals surface area contributed by atoms with Gasteiger partial charge in [-0.2, -0.15) is 0 Å². The van der Waals surface area contributed by atoms with Gasteiger partial charge in [-0.05, 0) is 110 Å². The molecule has 0 radical (unpaired) electrons. The molecule has 1 aliphatic carbocycles. The van der Waals surface area contributed by atoms with Crippen molar-refractivity contribution in [1.29, 1.82) is 0 Å². The van der Waals surface area contributed by atoms with E-state index in [-0.39, 0.29) is 0 Å². The number of para-hydroxylation sites is 2. The van der Waals surface area contributed by atoms with Gasteiger partial charge in [0.2, 0.25) is 0 Å². The molecule has 11 aromatic rings. The van der Waals surface area contributed by atoms with E-state index in [1.165, 1.54) is 44.5 Å². The Morgan fingerprint density at radius 2 is 1.03 bits per heavy atom. The van der Waals surface area contributed by atoms with E-state index in [0.717, 1.165) is 72.4 Å². The topological polar surface area (TPSA) is 16.4 Å². The van der Waals surface area contributed by atoms with Gasteiger partial charge in [-0.3, -0.25) is 0 Å². The van der Waals surface area contributed by atoms with Crippen LogP contribution in [0.2, 0.25) is 0 Å². The maximum atomic E-state index is 6.49. The van der Waals surface area contributed by atoms with Crippen LogP contribution in [0, 0.1) is 6.92 Å². The van der Waals surface area contributed by atoms with Crippen molar-refractivity contribution in [2.45, 2.75) is 12.3 Å². The highest BCUT2D eigenvalue weighted by Gasteiger charge is 2.47. The standard InChI is InChI=1S/C66H47NO/c1-3-20-53(52-26-11-10-21-45(52)2)48-39-37-46(38-40-48)47-41-43-51(44-42-47)67(60-33-16-13-27-54(60)55-30-18-36-63-64(55)57-29-14-17-35-62(57)68-63)61-34-19-32-59-65(61)56-28-12-15-31-58(56)66(59,49-22-6-4-7-23-49)50-24-8-5-9-25-50/h3-44H,1H2,2H3/b53-20-. The Balaban J connectivity index is 1.07. The molecular weight excluding hydrogens is 823 g/mol. The van der Waals surface area contributed by atoms with Crippen molar-refractivity contribution in [2.24, 2.45) is 0 Å². The van der Waals surface area contributed by atoms with Crippen LogP contribution in [0.15, 0.2) is 266 Å². The maximum absolute atomic E-state index is 6.49. The highest BCUT2D eigenvalue weighted by molar-refractivity contribution is 6.14. The van der Waals surface area contributed by atoms with Crippen molar-refractivity contribution in [3.05, 3.63) is 300 Å². The van der Waals surface area contributed by atoms with Gasteiger partial charge in [-0.15, -0.1) is 0 Å². The normalized spacial score (nSPS) is 12.8. The number of hydrogen-bond acceptors (Lipinski definition) is 2. The van der Waals surface area contributed by atoms with Crippen molar-refractivity contribution in [1.82, 2.24) is 0 Å². The monoisotopic (exact) mass is 869 g/mol. The predicted molar refractivity (Wildman–Crippen MR) is 285 cm³/mol. The molecule has 0 saturated carbocycles. The molecule has 0 aliphatic heterocycles. The van der Waals surface area contributed by atoms with E-state index in [4.69, 9.17) is 4.42 Å². The highest BCUT2D eigenvalue weighted by atomic mass is 16.3. The van der Waals surface area contributed by atoms with Gasteiger partial charge < -0.3 is 9.32 Å². The van der Waals surface area contributed by atoms with Crippen LogP contribution in [-0.4, -0.2) is 0 Å². The fraction of sp³-hybridized carbons (Fsp3) is 0.0303. The molecule has 0 saturated heterocycles. The minimum atomic E-state index is -0.549. The maximum Gasteiger partial charge on any atom is 0.136 e. The van der Waals surface area contributed by atoms with Crippen LogP contribution in [0.5, 0.6) is 0 Å². The van der Waals surface area contributed by atoms with E-state index in [2.05, 4.69) is 261 Å². The van der Waals surface area contributed by atoms with E-state index < -0.39 is 5.41 Å². The Bertz CT molecular complexity index is 3650. The molecule has 2 nitrogen and oxygen atoms in total. The van der Waals surface area contributed by atoms with Gasteiger partial charge >= 0.3 is 0 Å². The third kappa shape index (κ3) is 6.56. The van der Waals surface area contributed by atoms with Gasteiger partial charge in [0.25, 0.3) is 0 Å². The summed E-state index contributed by atoms with van der Waals surface area (Å²) >= 11 is 0. The number of aryl methyl sites for hydroxylation is 1. The Labute approximate surface area is 398 Å². The van der Waals surface area contributed by atoms with Crippen LogP contribution in [0.1, 0.15) is 38.9 Å². The number of nitrogens with zero attached hydrogens (tertiary/aromatic N) is 1. The Hall–Kier alpha value is -8.72. The van der Waals surface area contributed by atoms with Crippen LogP contribution in [-0.2, 0) is 5.41 Å². The molecule has 1 aromatic heterocycles. The molecular formula is C66H47NO. The zero-order chi connectivity index (χ0) is 45.6. The molecule has 10 aromatic carbocycles. The summed E-state index contributed by atoms with van der Waals surface area (Å²) in [5.41, 5.74) is 21.2. The van der Waals surface area contributed by atoms with Crippen LogP contribution in [0.4, 0.5) is 17.1 Å². The van der Waals surface area contributed by atoms with E-state index in [1.54, 1.807) is 0 Å². The molecule has 68 heavy (non-hydrogen) atoms. The van der Waals surface area contributed by atoms with Crippen molar-refractivity contribution in [2.75, 3.05) is 4.90 Å². The van der Waals surface area contributed by atoms with Gasteiger partial charge in [-0.25, -0.2) is 0 Å². The first-order chi connectivity index (χ1) is 33.6. The van der Waals surface area contributed by atoms with Crippen LogP contribution in [0.25, 0.3) is 60.9 Å². The molecule has 0 fully saturated rings. The summed E-state index contributed by atoms with van der Waals surface area (Å²) in [4.78, 5) is 2.49. The van der Waals surface area contributed by atoms with Gasteiger partial charge in [0.05, 0.1) is 16.8 Å². The van der Waals surface area contributed by atoms with Crippen molar-refractivity contribution in [3.63, 3.8) is 0 Å². The van der Waals surface area contributed by atoms with Crippen molar-refractivity contribution < 1.29 is 4.42 Å². The lowest BCUT2D eigenvalue weighted by molar-refractivity contribution is 0.669. The summed E-state index contributed by atoms with van der Waals surface area (Å²) in [6, 6.07) is 88.2. The molecule has 0 spiro atoms. The first kappa shape index (κ1) is 40.8. The predicted octanol–water partition coefficient (Wildman–Crippen LogP) is 17.7. The zero-order valence-electron chi connectivity index (χ0n) is 37.8. The summed E-state index contributed by atoms with van der Waals surface area (Å²) < 4.78 is 6.49. The summed E-state index contributed by atoms with van der Waals surface area (Å²) in [6.45, 7) is 6.20. The van der Waals surface area contributed by atoms with Crippen LogP contribution in [0.3, 0.4) is 0 Å². The lowest BCUT2D eigenvalue weighted by Gasteiger charge is -2.34. The molecule has 1 heterocycles.